The molecule has 1 saturated heterocycles. The molecule has 2 rings (SSSR count). The Morgan fingerprint density at radius 1 is 1.40 bits per heavy atom. The molecule has 4 nitrogen and oxygen atoms in total. The van der Waals surface area contributed by atoms with Gasteiger partial charge in [0, 0.05) is 30.6 Å². The molecule has 1 fully saturated rings. The first kappa shape index (κ1) is 20.0. The molecule has 1 aromatic carbocycles. The molecular weight excluding hydrogens is 357 g/mol. The van der Waals surface area contributed by atoms with E-state index in [-0.39, 0.29) is 22.5 Å². The second kappa shape index (κ2) is 8.38. The van der Waals surface area contributed by atoms with E-state index >= 15 is 0 Å². The van der Waals surface area contributed by atoms with Gasteiger partial charge >= 0.3 is 6.18 Å². The molecule has 140 valence electrons. The van der Waals surface area contributed by atoms with E-state index in [0.717, 1.165) is 6.07 Å². The highest BCUT2D eigenvalue weighted by Crippen LogP contribution is 2.36. The topological polar surface area (TPSA) is 52.6 Å². The fourth-order valence-corrected chi connectivity index (χ4v) is 3.29. The molecule has 1 aliphatic heterocycles. The minimum absolute atomic E-state index is 0.000786. The standard InChI is InChI=1S/C17H22ClF3N2O2/c1-2-16(25)23-7-5-12(6-8-23)22-15(10-24)13-4-3-11(18)9-14(13)17(19,20)21/h3-4,9,12,15,22,24H,2,5-8,10H2,1H3. The van der Waals surface area contributed by atoms with Crippen molar-refractivity contribution in [3.8, 4) is 0 Å². The van der Waals surface area contributed by atoms with Gasteiger partial charge in [-0.3, -0.25) is 4.79 Å². The fourth-order valence-electron chi connectivity index (χ4n) is 3.12. The van der Waals surface area contributed by atoms with Gasteiger partial charge in [0.2, 0.25) is 5.91 Å². The van der Waals surface area contributed by atoms with Crippen molar-refractivity contribution in [3.63, 3.8) is 0 Å². The normalized spacial score (nSPS) is 17.6. The number of carbonyl (C=O) groups excluding carboxylic acids is 1. The Morgan fingerprint density at radius 2 is 2.04 bits per heavy atom. The number of nitrogens with one attached hydrogen (secondary N) is 1. The summed E-state index contributed by atoms with van der Waals surface area (Å²) in [4.78, 5) is 13.4. The first-order valence-corrected chi connectivity index (χ1v) is 8.65. The van der Waals surface area contributed by atoms with Crippen molar-refractivity contribution in [2.45, 2.75) is 44.4 Å². The van der Waals surface area contributed by atoms with Crippen molar-refractivity contribution in [2.75, 3.05) is 19.7 Å². The molecule has 0 aliphatic carbocycles. The number of hydrogen-bond acceptors (Lipinski definition) is 3. The van der Waals surface area contributed by atoms with Crippen molar-refractivity contribution in [3.05, 3.63) is 34.3 Å². The van der Waals surface area contributed by atoms with Crippen molar-refractivity contribution in [2.24, 2.45) is 0 Å². The zero-order valence-electron chi connectivity index (χ0n) is 13.9. The number of likely N-dealkylation sites (tertiary alicyclic amines) is 1. The minimum atomic E-state index is -4.55. The highest BCUT2D eigenvalue weighted by Gasteiger charge is 2.36. The van der Waals surface area contributed by atoms with Gasteiger partial charge in [0.15, 0.2) is 0 Å². The number of nitrogens with zero attached hydrogens (tertiary/aromatic N) is 1. The van der Waals surface area contributed by atoms with Crippen LogP contribution in [0.4, 0.5) is 13.2 Å². The molecule has 1 aromatic rings. The predicted molar refractivity (Wildman–Crippen MR) is 89.3 cm³/mol. The quantitative estimate of drug-likeness (QED) is 0.825. The van der Waals surface area contributed by atoms with Crippen molar-refractivity contribution in [1.29, 1.82) is 0 Å². The highest BCUT2D eigenvalue weighted by molar-refractivity contribution is 6.30. The second-order valence-electron chi connectivity index (χ2n) is 6.14. The van der Waals surface area contributed by atoms with Crippen molar-refractivity contribution < 1.29 is 23.1 Å². The van der Waals surface area contributed by atoms with Gasteiger partial charge in [0.25, 0.3) is 0 Å². The molecule has 0 radical (unpaired) electrons. The first-order chi connectivity index (χ1) is 11.8. The second-order valence-corrected chi connectivity index (χ2v) is 6.58. The van der Waals surface area contributed by atoms with Crippen LogP contribution in [0.2, 0.25) is 5.02 Å². The molecule has 2 N–H and O–H groups in total. The summed E-state index contributed by atoms with van der Waals surface area (Å²) in [5, 5.41) is 12.7. The van der Waals surface area contributed by atoms with Crippen molar-refractivity contribution in [1.82, 2.24) is 10.2 Å². The summed E-state index contributed by atoms with van der Waals surface area (Å²) in [6.45, 7) is 2.47. The zero-order valence-corrected chi connectivity index (χ0v) is 14.7. The number of amides is 1. The monoisotopic (exact) mass is 378 g/mol. The van der Waals surface area contributed by atoms with Gasteiger partial charge in [0.1, 0.15) is 0 Å². The van der Waals surface area contributed by atoms with Crippen LogP contribution < -0.4 is 5.32 Å². The van der Waals surface area contributed by atoms with Gasteiger partial charge in [-0.2, -0.15) is 13.2 Å². The Labute approximate surface area is 150 Å². The highest BCUT2D eigenvalue weighted by atomic mass is 35.5. The third kappa shape index (κ3) is 5.09. The van der Waals surface area contributed by atoms with Gasteiger partial charge in [0.05, 0.1) is 18.2 Å². The lowest BCUT2D eigenvalue weighted by Gasteiger charge is -2.34. The number of benzene rings is 1. The maximum absolute atomic E-state index is 13.3. The van der Waals surface area contributed by atoms with Gasteiger partial charge in [-0.25, -0.2) is 0 Å². The van der Waals surface area contributed by atoms with Crippen LogP contribution in [0.25, 0.3) is 0 Å². The smallest absolute Gasteiger partial charge is 0.394 e. The molecule has 0 saturated carbocycles. The van der Waals surface area contributed by atoms with Crippen LogP contribution in [-0.4, -0.2) is 41.7 Å². The average molecular weight is 379 g/mol. The summed E-state index contributed by atoms with van der Waals surface area (Å²) in [5.74, 6) is 0.0780. The van der Waals surface area contributed by atoms with Gasteiger partial charge in [-0.15, -0.1) is 0 Å². The lowest BCUT2D eigenvalue weighted by molar-refractivity contribution is -0.138. The maximum atomic E-state index is 13.3. The van der Waals surface area contributed by atoms with Crippen LogP contribution in [0, 0.1) is 0 Å². The van der Waals surface area contributed by atoms with Gasteiger partial charge in [-0.1, -0.05) is 24.6 Å². The Bertz CT molecular complexity index is 602. The van der Waals surface area contributed by atoms with E-state index in [2.05, 4.69) is 5.32 Å². The van der Waals surface area contributed by atoms with E-state index in [1.165, 1.54) is 12.1 Å². The molecular formula is C17H22ClF3N2O2. The number of aliphatic hydroxyl groups excluding tert-OH is 1. The van der Waals surface area contributed by atoms with Crippen LogP contribution in [0.15, 0.2) is 18.2 Å². The zero-order chi connectivity index (χ0) is 18.6. The van der Waals surface area contributed by atoms with E-state index in [1.807, 2.05) is 0 Å². The molecule has 1 aliphatic rings. The predicted octanol–water partition coefficient (Wildman–Crippen LogP) is 3.38. The molecule has 8 heteroatoms. The maximum Gasteiger partial charge on any atom is 0.416 e. The Morgan fingerprint density at radius 3 is 2.56 bits per heavy atom. The van der Waals surface area contributed by atoms with E-state index < -0.39 is 24.4 Å². The summed E-state index contributed by atoms with van der Waals surface area (Å²) in [5.41, 5.74) is -0.864. The van der Waals surface area contributed by atoms with E-state index in [4.69, 9.17) is 11.6 Å². The molecule has 1 unspecified atom stereocenters. The number of hydrogen-bond donors (Lipinski definition) is 2. The minimum Gasteiger partial charge on any atom is -0.394 e. The Balaban J connectivity index is 2.10. The summed E-state index contributed by atoms with van der Waals surface area (Å²) in [6, 6.07) is 2.67. The third-order valence-electron chi connectivity index (χ3n) is 4.47. The van der Waals surface area contributed by atoms with Crippen LogP contribution in [-0.2, 0) is 11.0 Å². The molecule has 0 aromatic heterocycles. The first-order valence-electron chi connectivity index (χ1n) is 8.27. The molecule has 0 spiro atoms. The largest absolute Gasteiger partial charge is 0.416 e. The average Bonchev–Trinajstić information content (AvgIpc) is 2.59. The van der Waals surface area contributed by atoms with E-state index in [1.54, 1.807) is 11.8 Å². The SMILES string of the molecule is CCC(=O)N1CCC(NC(CO)c2ccc(Cl)cc2C(F)(F)F)CC1. The number of carbonyl (C=O) groups is 1. The molecule has 1 atom stereocenters. The molecule has 1 amide bonds. The molecule has 1 heterocycles. The summed E-state index contributed by atoms with van der Waals surface area (Å²) in [7, 11) is 0. The Hall–Kier alpha value is -1.31. The summed E-state index contributed by atoms with van der Waals surface area (Å²) in [6.07, 6.45) is -2.84. The number of alkyl halides is 3. The number of rotatable bonds is 5. The lowest BCUT2D eigenvalue weighted by Crippen LogP contribution is -2.46. The van der Waals surface area contributed by atoms with Crippen LogP contribution in [0.5, 0.6) is 0 Å². The van der Waals surface area contributed by atoms with E-state index in [0.29, 0.717) is 32.4 Å². The Kier molecular flexibility index (Phi) is 6.71. The van der Waals surface area contributed by atoms with Gasteiger partial charge < -0.3 is 15.3 Å². The number of aliphatic hydroxyl groups is 1. The summed E-state index contributed by atoms with van der Waals surface area (Å²) < 4.78 is 39.8. The lowest BCUT2D eigenvalue weighted by atomic mass is 9.97. The van der Waals surface area contributed by atoms with Crippen LogP contribution >= 0.6 is 11.6 Å². The number of halogens is 4. The van der Waals surface area contributed by atoms with Crippen molar-refractivity contribution >= 4 is 17.5 Å². The summed E-state index contributed by atoms with van der Waals surface area (Å²) >= 11 is 5.70. The number of piperidine rings is 1. The van der Waals surface area contributed by atoms with Crippen LogP contribution in [0.3, 0.4) is 0 Å². The fraction of sp³-hybridized carbons (Fsp3) is 0.588. The molecule has 0 bridgehead atoms. The molecule has 25 heavy (non-hydrogen) atoms. The van der Waals surface area contributed by atoms with E-state index in [9.17, 15) is 23.1 Å². The third-order valence-corrected chi connectivity index (χ3v) is 4.70. The van der Waals surface area contributed by atoms with Gasteiger partial charge in [-0.05, 0) is 30.5 Å². The van der Waals surface area contributed by atoms with Crippen LogP contribution in [0.1, 0.15) is 43.4 Å².